The molecule has 0 bridgehead atoms. The van der Waals surface area contributed by atoms with Crippen molar-refractivity contribution in [2.24, 2.45) is 0 Å². The van der Waals surface area contributed by atoms with Crippen LogP contribution >= 0.6 is 11.6 Å². The molecule has 0 aliphatic carbocycles. The number of benzene rings is 1. The Labute approximate surface area is 189 Å². The van der Waals surface area contributed by atoms with Crippen LogP contribution in [-0.2, 0) is 11.3 Å². The number of piperazine rings is 1. The molecule has 31 heavy (non-hydrogen) atoms. The summed E-state index contributed by atoms with van der Waals surface area (Å²) in [5.41, 5.74) is 2.87. The van der Waals surface area contributed by atoms with E-state index in [-0.39, 0.29) is 0 Å². The molecule has 0 atom stereocenters. The third kappa shape index (κ3) is 6.42. The van der Waals surface area contributed by atoms with Gasteiger partial charge in [-0.25, -0.2) is 4.98 Å². The summed E-state index contributed by atoms with van der Waals surface area (Å²) < 4.78 is 6.89. The molecule has 0 amide bonds. The van der Waals surface area contributed by atoms with E-state index in [1.54, 1.807) is 18.0 Å². The average molecular weight is 446 g/mol. The number of ether oxygens (including phenoxy) is 1. The quantitative estimate of drug-likeness (QED) is 0.564. The highest BCUT2D eigenvalue weighted by atomic mass is 35.5. The number of halogens is 1. The Morgan fingerprint density at radius 1 is 1.16 bits per heavy atom. The summed E-state index contributed by atoms with van der Waals surface area (Å²) in [7, 11) is 3.80. The van der Waals surface area contributed by atoms with E-state index in [0.29, 0.717) is 17.2 Å². The van der Waals surface area contributed by atoms with Gasteiger partial charge in [-0.1, -0.05) is 25.4 Å². The highest BCUT2D eigenvalue weighted by Crippen LogP contribution is 2.29. The Bertz CT molecular complexity index is 968. The van der Waals surface area contributed by atoms with E-state index in [1.165, 1.54) is 5.69 Å². The molecule has 3 aromatic rings. The molecule has 1 aliphatic rings. The zero-order valence-corrected chi connectivity index (χ0v) is 19.8. The van der Waals surface area contributed by atoms with Gasteiger partial charge in [0.1, 0.15) is 12.0 Å². The van der Waals surface area contributed by atoms with Crippen LogP contribution in [0, 0.1) is 6.92 Å². The van der Waals surface area contributed by atoms with Crippen LogP contribution in [0.3, 0.4) is 0 Å². The smallest absolute Gasteiger partial charge is 0.181 e. The fourth-order valence-corrected chi connectivity index (χ4v) is 3.44. The van der Waals surface area contributed by atoms with Crippen LogP contribution < -0.4 is 9.64 Å². The zero-order valence-electron chi connectivity index (χ0n) is 19.0. The molecule has 8 heteroatoms. The molecule has 1 aliphatic heterocycles. The van der Waals surface area contributed by atoms with E-state index in [0.717, 1.165) is 49.3 Å². The lowest BCUT2D eigenvalue weighted by atomic mass is 10.2. The SMILES string of the molecule is CC.COc1cc(N2CCN(C)CC2)ccc1Cl.Cc1c2cccnc2nn1CC=O. The largest absolute Gasteiger partial charge is 0.495 e. The van der Waals surface area contributed by atoms with Crippen LogP contribution in [0.15, 0.2) is 36.5 Å². The van der Waals surface area contributed by atoms with Crippen LogP contribution in [0.5, 0.6) is 5.75 Å². The Morgan fingerprint density at radius 3 is 2.48 bits per heavy atom. The van der Waals surface area contributed by atoms with Gasteiger partial charge in [-0.15, -0.1) is 0 Å². The number of likely N-dealkylation sites (N-methyl/N-ethyl adjacent to an activating group) is 1. The first-order valence-corrected chi connectivity index (χ1v) is 10.9. The molecule has 0 N–H and O–H groups in total. The average Bonchev–Trinajstić information content (AvgIpc) is 3.12. The minimum absolute atomic E-state index is 0.294. The van der Waals surface area contributed by atoms with Crippen molar-refractivity contribution < 1.29 is 9.53 Å². The maximum atomic E-state index is 10.3. The second-order valence-corrected chi connectivity index (χ2v) is 7.33. The summed E-state index contributed by atoms with van der Waals surface area (Å²) in [6.45, 7) is 10.5. The van der Waals surface area contributed by atoms with Crippen molar-refractivity contribution in [3.8, 4) is 5.75 Å². The molecule has 2 aromatic heterocycles. The van der Waals surface area contributed by atoms with Gasteiger partial charge in [0.2, 0.25) is 0 Å². The molecular weight excluding hydrogens is 414 g/mol. The number of aldehydes is 1. The first-order valence-electron chi connectivity index (χ1n) is 10.5. The number of carbonyl (C=O) groups excluding carboxylic acids is 1. The lowest BCUT2D eigenvalue weighted by molar-refractivity contribution is -0.108. The van der Waals surface area contributed by atoms with Gasteiger partial charge in [0.25, 0.3) is 0 Å². The molecule has 168 valence electrons. The lowest BCUT2D eigenvalue weighted by Gasteiger charge is -2.34. The van der Waals surface area contributed by atoms with Crippen molar-refractivity contribution in [2.75, 3.05) is 45.2 Å². The molecule has 0 radical (unpaired) electrons. The number of rotatable bonds is 4. The molecule has 4 rings (SSSR count). The Morgan fingerprint density at radius 2 is 1.87 bits per heavy atom. The van der Waals surface area contributed by atoms with Gasteiger partial charge >= 0.3 is 0 Å². The molecule has 1 aromatic carbocycles. The number of anilines is 1. The van der Waals surface area contributed by atoms with E-state index in [2.05, 4.69) is 33.0 Å². The minimum Gasteiger partial charge on any atom is -0.495 e. The van der Waals surface area contributed by atoms with Crippen molar-refractivity contribution in [1.29, 1.82) is 0 Å². The molecule has 1 fully saturated rings. The van der Waals surface area contributed by atoms with Crippen LogP contribution in [0.25, 0.3) is 11.0 Å². The zero-order chi connectivity index (χ0) is 22.8. The molecule has 1 saturated heterocycles. The summed E-state index contributed by atoms with van der Waals surface area (Å²) in [5.74, 6) is 0.748. The molecule has 0 unspecified atom stereocenters. The number of carbonyl (C=O) groups is 1. The third-order valence-corrected chi connectivity index (χ3v) is 5.34. The van der Waals surface area contributed by atoms with Crippen LogP contribution in [0.1, 0.15) is 19.5 Å². The Balaban J connectivity index is 0.000000208. The van der Waals surface area contributed by atoms with Crippen LogP contribution in [-0.4, -0.2) is 66.3 Å². The number of fused-ring (bicyclic) bond motifs is 1. The van der Waals surface area contributed by atoms with Gasteiger partial charge in [0, 0.05) is 55.2 Å². The fraction of sp³-hybridized carbons (Fsp3) is 0.435. The molecule has 0 saturated carbocycles. The monoisotopic (exact) mass is 445 g/mol. The number of hydrogen-bond acceptors (Lipinski definition) is 6. The number of pyridine rings is 1. The first kappa shape index (κ1) is 24.6. The predicted molar refractivity (Wildman–Crippen MR) is 127 cm³/mol. The maximum Gasteiger partial charge on any atom is 0.181 e. The van der Waals surface area contributed by atoms with Crippen molar-refractivity contribution in [2.45, 2.75) is 27.3 Å². The van der Waals surface area contributed by atoms with E-state index in [9.17, 15) is 4.79 Å². The van der Waals surface area contributed by atoms with Crippen molar-refractivity contribution >= 4 is 34.6 Å². The second-order valence-electron chi connectivity index (χ2n) is 6.92. The van der Waals surface area contributed by atoms with Gasteiger partial charge in [0.15, 0.2) is 5.65 Å². The summed E-state index contributed by atoms with van der Waals surface area (Å²) in [5, 5.41) is 5.85. The Hall–Kier alpha value is -2.64. The van der Waals surface area contributed by atoms with Gasteiger partial charge in [-0.3, -0.25) is 4.68 Å². The maximum absolute atomic E-state index is 10.3. The fourth-order valence-electron chi connectivity index (χ4n) is 3.25. The standard InChI is InChI=1S/C12H17ClN2O.C9H9N3O.C2H6/c1-14-5-7-15(8-6-14)10-3-4-11(13)12(9-10)16-2;1-7-8-3-2-4-10-9(8)11-12(7)5-6-13;1-2/h3-4,9H,5-8H2,1-2H3;2-4,6H,5H2,1H3;1-2H3. The van der Waals surface area contributed by atoms with Gasteiger partial charge in [-0.2, -0.15) is 5.10 Å². The van der Waals surface area contributed by atoms with Gasteiger partial charge in [0.05, 0.1) is 18.7 Å². The van der Waals surface area contributed by atoms with E-state index >= 15 is 0 Å². The van der Waals surface area contributed by atoms with Crippen molar-refractivity contribution in [3.63, 3.8) is 0 Å². The minimum atomic E-state index is 0.294. The summed E-state index contributed by atoms with van der Waals surface area (Å²) >= 11 is 6.01. The van der Waals surface area contributed by atoms with Crippen molar-refractivity contribution in [3.05, 3.63) is 47.2 Å². The lowest BCUT2D eigenvalue weighted by Crippen LogP contribution is -2.44. The van der Waals surface area contributed by atoms with E-state index in [1.807, 2.05) is 45.0 Å². The molecule has 7 nitrogen and oxygen atoms in total. The van der Waals surface area contributed by atoms with Crippen LogP contribution in [0.4, 0.5) is 5.69 Å². The first-order chi connectivity index (χ1) is 15.0. The molecular formula is C23H32ClN5O2. The number of hydrogen-bond donors (Lipinski definition) is 0. The highest BCUT2D eigenvalue weighted by Gasteiger charge is 2.15. The number of aryl methyl sites for hydroxylation is 1. The van der Waals surface area contributed by atoms with Crippen molar-refractivity contribution in [1.82, 2.24) is 19.7 Å². The number of nitrogens with zero attached hydrogens (tertiary/aromatic N) is 5. The number of methoxy groups -OCH3 is 1. The second kappa shape index (κ2) is 12.3. The van der Waals surface area contributed by atoms with E-state index in [4.69, 9.17) is 16.3 Å². The third-order valence-electron chi connectivity index (χ3n) is 5.03. The van der Waals surface area contributed by atoms with Gasteiger partial charge < -0.3 is 19.3 Å². The predicted octanol–water partition coefficient (Wildman–Crippen LogP) is 4.07. The summed E-state index contributed by atoms with van der Waals surface area (Å²) in [6.07, 6.45) is 2.53. The Kier molecular flexibility index (Phi) is 9.75. The topological polar surface area (TPSA) is 63.5 Å². The summed E-state index contributed by atoms with van der Waals surface area (Å²) in [4.78, 5) is 19.1. The highest BCUT2D eigenvalue weighted by molar-refractivity contribution is 6.32. The normalized spacial score (nSPS) is 13.7. The molecule has 3 heterocycles. The van der Waals surface area contributed by atoms with Crippen LogP contribution in [0.2, 0.25) is 5.02 Å². The van der Waals surface area contributed by atoms with E-state index < -0.39 is 0 Å². The number of aromatic nitrogens is 3. The molecule has 0 spiro atoms. The summed E-state index contributed by atoms with van der Waals surface area (Å²) in [6, 6.07) is 9.77. The van der Waals surface area contributed by atoms with Gasteiger partial charge in [-0.05, 0) is 38.2 Å².